The number of benzene rings is 1. The summed E-state index contributed by atoms with van der Waals surface area (Å²) in [5, 5.41) is 0. The van der Waals surface area contributed by atoms with Gasteiger partial charge in [-0.15, -0.1) is 0 Å². The van der Waals surface area contributed by atoms with Gasteiger partial charge in [0, 0.05) is 12.8 Å². The summed E-state index contributed by atoms with van der Waals surface area (Å²) in [5.74, 6) is 0. The molecule has 110 valence electrons. The van der Waals surface area contributed by atoms with E-state index in [1.54, 1.807) is 12.1 Å². The van der Waals surface area contributed by atoms with Crippen LogP contribution in [0.2, 0.25) is 0 Å². The van der Waals surface area contributed by atoms with Crippen molar-refractivity contribution in [3.8, 4) is 0 Å². The van der Waals surface area contributed by atoms with Gasteiger partial charge >= 0.3 is 0 Å². The summed E-state index contributed by atoms with van der Waals surface area (Å²) in [6.45, 7) is 3.00. The maximum atomic E-state index is 11.8. The van der Waals surface area contributed by atoms with Crippen molar-refractivity contribution in [1.29, 1.82) is 0 Å². The van der Waals surface area contributed by atoms with E-state index in [1.807, 2.05) is 10.6 Å². The molecular formula is C14H20N2O2S2. The molecule has 0 aliphatic rings. The lowest BCUT2D eigenvalue weighted by Crippen LogP contribution is -2.00. The molecular weight excluding hydrogens is 292 g/mol. The van der Waals surface area contributed by atoms with Crippen LogP contribution in [0.25, 0.3) is 11.0 Å². The number of imidazole rings is 1. The quantitative estimate of drug-likeness (QED) is 0.654. The molecule has 6 heteroatoms. The van der Waals surface area contributed by atoms with Crippen LogP contribution < -0.4 is 0 Å². The molecule has 0 aliphatic heterocycles. The topological polar surface area (TPSA) is 54.9 Å². The Bertz CT molecular complexity index is 757. The van der Waals surface area contributed by atoms with E-state index < -0.39 is 9.84 Å². The van der Waals surface area contributed by atoms with Crippen molar-refractivity contribution in [2.45, 2.75) is 44.0 Å². The Morgan fingerprint density at radius 2 is 2.00 bits per heavy atom. The number of nitrogens with zero attached hydrogens (tertiary/aromatic N) is 1. The van der Waals surface area contributed by atoms with Gasteiger partial charge in [0.15, 0.2) is 14.6 Å². The SMILES string of the molecule is CCCCCCn1c(=S)[nH]c2c(S(C)(=O)=O)cccc21. The van der Waals surface area contributed by atoms with Gasteiger partial charge in [-0.25, -0.2) is 8.42 Å². The second-order valence-corrected chi connectivity index (χ2v) is 7.44. The number of H-pyrrole nitrogens is 1. The predicted octanol–water partition coefficient (Wildman–Crippen LogP) is 3.68. The van der Waals surface area contributed by atoms with E-state index in [9.17, 15) is 8.42 Å². The van der Waals surface area contributed by atoms with Crippen molar-refractivity contribution >= 4 is 33.1 Å². The van der Waals surface area contributed by atoms with Crippen LogP contribution in [0.5, 0.6) is 0 Å². The predicted molar refractivity (Wildman–Crippen MR) is 84.4 cm³/mol. The highest BCUT2D eigenvalue weighted by Gasteiger charge is 2.15. The molecule has 1 heterocycles. The standard InChI is InChI=1S/C14H20N2O2S2/c1-3-4-5-6-10-16-11-8-7-9-12(20(2,17)18)13(11)15-14(16)19/h7-9H,3-6,10H2,1-2H3,(H,15,19). The van der Waals surface area contributed by atoms with Crippen molar-refractivity contribution in [2.75, 3.05) is 6.26 Å². The van der Waals surface area contributed by atoms with E-state index in [0.29, 0.717) is 15.2 Å². The summed E-state index contributed by atoms with van der Waals surface area (Å²) in [4.78, 5) is 3.36. The fourth-order valence-electron chi connectivity index (χ4n) is 2.38. The molecule has 0 fully saturated rings. The van der Waals surface area contributed by atoms with E-state index >= 15 is 0 Å². The summed E-state index contributed by atoms with van der Waals surface area (Å²) in [5.41, 5.74) is 1.49. The van der Waals surface area contributed by atoms with Gasteiger partial charge in [0.2, 0.25) is 0 Å². The summed E-state index contributed by atoms with van der Waals surface area (Å²) in [7, 11) is -3.25. The zero-order valence-corrected chi connectivity index (χ0v) is 13.5. The van der Waals surface area contributed by atoms with Gasteiger partial charge in [-0.2, -0.15) is 0 Å². The number of hydrogen-bond donors (Lipinski definition) is 1. The van der Waals surface area contributed by atoms with Gasteiger partial charge in [0.1, 0.15) is 0 Å². The number of fused-ring (bicyclic) bond motifs is 1. The molecule has 1 aromatic carbocycles. The molecule has 20 heavy (non-hydrogen) atoms. The lowest BCUT2D eigenvalue weighted by Gasteiger charge is -2.05. The molecule has 4 nitrogen and oxygen atoms in total. The molecule has 2 aromatic rings. The first-order chi connectivity index (χ1) is 9.45. The number of sulfone groups is 1. The molecule has 0 amide bonds. The van der Waals surface area contributed by atoms with Gasteiger partial charge in [-0.1, -0.05) is 32.3 Å². The molecule has 0 saturated carbocycles. The van der Waals surface area contributed by atoms with Crippen molar-refractivity contribution in [2.24, 2.45) is 0 Å². The summed E-state index contributed by atoms with van der Waals surface area (Å²) in [6, 6.07) is 5.30. The van der Waals surface area contributed by atoms with Crippen LogP contribution in [0.15, 0.2) is 23.1 Å². The summed E-state index contributed by atoms with van der Waals surface area (Å²) in [6.07, 6.45) is 5.84. The summed E-state index contributed by atoms with van der Waals surface area (Å²) >= 11 is 5.33. The molecule has 0 atom stereocenters. The molecule has 0 spiro atoms. The van der Waals surface area contributed by atoms with Crippen LogP contribution in [-0.2, 0) is 16.4 Å². The molecule has 0 unspecified atom stereocenters. The van der Waals surface area contributed by atoms with Gasteiger partial charge in [0.05, 0.1) is 15.9 Å². The first-order valence-electron chi connectivity index (χ1n) is 6.86. The Balaban J connectivity index is 2.43. The highest BCUT2D eigenvalue weighted by molar-refractivity contribution is 7.91. The third-order valence-corrected chi connectivity index (χ3v) is 4.87. The third kappa shape index (κ3) is 3.12. The maximum Gasteiger partial charge on any atom is 0.178 e. The number of nitrogens with one attached hydrogen (secondary N) is 1. The van der Waals surface area contributed by atoms with Crippen molar-refractivity contribution in [3.63, 3.8) is 0 Å². The van der Waals surface area contributed by atoms with Gasteiger partial charge in [-0.05, 0) is 30.8 Å². The molecule has 1 N–H and O–H groups in total. The molecule has 1 aromatic heterocycles. The average molecular weight is 312 g/mol. The molecule has 0 aliphatic carbocycles. The average Bonchev–Trinajstić information content (AvgIpc) is 2.69. The Kier molecular flexibility index (Phi) is 4.65. The highest BCUT2D eigenvalue weighted by atomic mass is 32.2. The van der Waals surface area contributed by atoms with E-state index in [0.717, 1.165) is 24.9 Å². The lowest BCUT2D eigenvalue weighted by molar-refractivity contribution is 0.587. The third-order valence-electron chi connectivity index (χ3n) is 3.41. The fourth-order valence-corrected chi connectivity index (χ4v) is 3.53. The van der Waals surface area contributed by atoms with Crippen LogP contribution in [0.4, 0.5) is 0 Å². The fraction of sp³-hybridized carbons (Fsp3) is 0.500. The highest BCUT2D eigenvalue weighted by Crippen LogP contribution is 2.23. The van der Waals surface area contributed by atoms with Gasteiger partial charge in [-0.3, -0.25) is 0 Å². The van der Waals surface area contributed by atoms with E-state index in [-0.39, 0.29) is 0 Å². The molecule has 0 saturated heterocycles. The second-order valence-electron chi connectivity index (χ2n) is 5.06. The first kappa shape index (κ1) is 15.3. The van der Waals surface area contributed by atoms with Crippen LogP contribution in [0.3, 0.4) is 0 Å². The molecule has 0 bridgehead atoms. The largest absolute Gasteiger partial charge is 0.329 e. The number of hydrogen-bond acceptors (Lipinski definition) is 3. The minimum Gasteiger partial charge on any atom is -0.329 e. The number of unbranched alkanes of at least 4 members (excludes halogenated alkanes) is 3. The van der Waals surface area contributed by atoms with Gasteiger partial charge < -0.3 is 9.55 Å². The smallest absolute Gasteiger partial charge is 0.178 e. The van der Waals surface area contributed by atoms with Crippen molar-refractivity contribution in [3.05, 3.63) is 23.0 Å². The number of aryl methyl sites for hydroxylation is 1. The normalized spacial score (nSPS) is 12.1. The maximum absolute atomic E-state index is 11.8. The van der Waals surface area contributed by atoms with Crippen LogP contribution in [-0.4, -0.2) is 24.2 Å². The first-order valence-corrected chi connectivity index (χ1v) is 9.16. The number of para-hydroxylation sites is 1. The number of rotatable bonds is 6. The molecule has 2 rings (SSSR count). The van der Waals surface area contributed by atoms with Crippen molar-refractivity contribution in [1.82, 2.24) is 9.55 Å². The lowest BCUT2D eigenvalue weighted by atomic mass is 10.2. The van der Waals surface area contributed by atoms with E-state index in [4.69, 9.17) is 12.2 Å². The number of aromatic amines is 1. The van der Waals surface area contributed by atoms with E-state index in [2.05, 4.69) is 11.9 Å². The van der Waals surface area contributed by atoms with Gasteiger partial charge in [0.25, 0.3) is 0 Å². The summed E-state index contributed by atoms with van der Waals surface area (Å²) < 4.78 is 26.2. The number of aromatic nitrogens is 2. The Morgan fingerprint density at radius 1 is 1.25 bits per heavy atom. The minimum atomic E-state index is -3.25. The zero-order chi connectivity index (χ0) is 14.8. The zero-order valence-electron chi connectivity index (χ0n) is 11.8. The second kappa shape index (κ2) is 6.10. The van der Waals surface area contributed by atoms with Crippen LogP contribution in [0, 0.1) is 4.77 Å². The minimum absolute atomic E-state index is 0.313. The molecule has 0 radical (unpaired) electrons. The Morgan fingerprint density at radius 3 is 2.65 bits per heavy atom. The van der Waals surface area contributed by atoms with Crippen LogP contribution in [0.1, 0.15) is 32.6 Å². The monoisotopic (exact) mass is 312 g/mol. The Labute approximate surface area is 124 Å². The van der Waals surface area contributed by atoms with E-state index in [1.165, 1.54) is 19.1 Å². The van der Waals surface area contributed by atoms with Crippen LogP contribution >= 0.6 is 12.2 Å². The van der Waals surface area contributed by atoms with Crippen molar-refractivity contribution < 1.29 is 8.42 Å². The Hall–Kier alpha value is -1.14.